The van der Waals surface area contributed by atoms with Crippen molar-refractivity contribution in [3.63, 3.8) is 0 Å². The van der Waals surface area contributed by atoms with E-state index in [0.29, 0.717) is 18.0 Å². The van der Waals surface area contributed by atoms with Crippen LogP contribution in [0.5, 0.6) is 5.75 Å². The third-order valence-corrected chi connectivity index (χ3v) is 8.84. The number of para-hydroxylation sites is 1. The average Bonchev–Trinajstić information content (AvgIpc) is 3.47. The number of piperidine rings is 1. The Labute approximate surface area is 206 Å². The maximum absolute atomic E-state index is 5.53. The minimum absolute atomic E-state index is 0.382. The normalized spacial score (nSPS) is 25.5. The van der Waals surface area contributed by atoms with E-state index in [9.17, 15) is 0 Å². The maximum Gasteiger partial charge on any atom is 0.119 e. The highest BCUT2D eigenvalue weighted by Gasteiger charge is 2.39. The molecule has 0 bridgehead atoms. The van der Waals surface area contributed by atoms with Crippen molar-refractivity contribution in [1.82, 2.24) is 20.2 Å². The summed E-state index contributed by atoms with van der Waals surface area (Å²) >= 11 is 0. The highest BCUT2D eigenvalue weighted by atomic mass is 16.5. The highest BCUT2D eigenvalue weighted by Crippen LogP contribution is 2.46. The number of H-pyrrole nitrogens is 2. The molecule has 0 amide bonds. The number of aromatic amines is 2. The van der Waals surface area contributed by atoms with Gasteiger partial charge in [0.2, 0.25) is 0 Å². The molecule has 0 radical (unpaired) electrons. The molecule has 0 saturated carbocycles. The second kappa shape index (κ2) is 8.28. The van der Waals surface area contributed by atoms with Gasteiger partial charge in [0.05, 0.1) is 13.2 Å². The van der Waals surface area contributed by atoms with E-state index in [-0.39, 0.29) is 0 Å². The van der Waals surface area contributed by atoms with Crippen LogP contribution in [0.2, 0.25) is 0 Å². The Kier molecular flexibility index (Phi) is 5.04. The first-order chi connectivity index (χ1) is 17.2. The van der Waals surface area contributed by atoms with E-state index in [1.54, 1.807) is 12.7 Å². The molecule has 0 aliphatic carbocycles. The number of methoxy groups -OCH3 is 1. The molecule has 5 heterocycles. The van der Waals surface area contributed by atoms with Gasteiger partial charge in [0.1, 0.15) is 5.75 Å². The van der Waals surface area contributed by atoms with Crippen LogP contribution in [-0.4, -0.2) is 41.6 Å². The second-order valence-electron chi connectivity index (χ2n) is 10.5. The summed E-state index contributed by atoms with van der Waals surface area (Å²) in [5.74, 6) is 1.51. The van der Waals surface area contributed by atoms with Crippen LogP contribution in [-0.2, 0) is 12.8 Å². The van der Waals surface area contributed by atoms with Gasteiger partial charge in [-0.25, -0.2) is 0 Å². The predicted molar refractivity (Wildman–Crippen MR) is 142 cm³/mol. The minimum Gasteiger partial charge on any atom is -0.497 e. The van der Waals surface area contributed by atoms with Crippen molar-refractivity contribution in [1.29, 1.82) is 0 Å². The van der Waals surface area contributed by atoms with E-state index < -0.39 is 0 Å². The van der Waals surface area contributed by atoms with E-state index in [1.165, 1.54) is 50.7 Å². The summed E-state index contributed by atoms with van der Waals surface area (Å²) in [5.41, 5.74) is 9.98. The van der Waals surface area contributed by atoms with Crippen LogP contribution in [0, 0.1) is 5.92 Å². The van der Waals surface area contributed by atoms with Crippen LogP contribution in [0.1, 0.15) is 54.4 Å². The molecule has 3 aliphatic heterocycles. The van der Waals surface area contributed by atoms with Crippen molar-refractivity contribution < 1.29 is 4.74 Å². The number of hydrogen-bond donors (Lipinski definition) is 3. The van der Waals surface area contributed by atoms with Crippen LogP contribution in [0.4, 0.5) is 0 Å². The van der Waals surface area contributed by atoms with Crippen LogP contribution in [0.3, 0.4) is 0 Å². The molecule has 5 heteroatoms. The largest absolute Gasteiger partial charge is 0.497 e. The molecule has 35 heavy (non-hydrogen) atoms. The van der Waals surface area contributed by atoms with Crippen molar-refractivity contribution in [2.45, 2.75) is 44.7 Å². The van der Waals surface area contributed by atoms with Crippen LogP contribution < -0.4 is 10.1 Å². The molecule has 180 valence electrons. The number of fused-ring (bicyclic) bond motifs is 8. The molecule has 1 saturated heterocycles. The Balaban J connectivity index is 1.22. The van der Waals surface area contributed by atoms with Gasteiger partial charge in [0.15, 0.2) is 0 Å². The number of nitrogens with one attached hydrogen (secondary N) is 3. The SMILES string of the molecule is C/C=C1/CN2CCc3c([nH]c4ccc(OC)cc34)[C@@H]2C[C@@H]1C[C@@H]1NCCc2c1[nH]c1ccccc21. The van der Waals surface area contributed by atoms with Crippen molar-refractivity contribution in [2.75, 3.05) is 26.7 Å². The summed E-state index contributed by atoms with van der Waals surface area (Å²) in [6, 6.07) is 16.1. The van der Waals surface area contributed by atoms with Crippen LogP contribution in [0.15, 0.2) is 54.1 Å². The zero-order valence-electron chi connectivity index (χ0n) is 20.7. The highest BCUT2D eigenvalue weighted by molar-refractivity contribution is 5.87. The third kappa shape index (κ3) is 3.36. The van der Waals surface area contributed by atoms with E-state index in [4.69, 9.17) is 4.74 Å². The molecule has 3 aliphatic rings. The van der Waals surface area contributed by atoms with Crippen molar-refractivity contribution in [2.24, 2.45) is 5.92 Å². The molecule has 2 aromatic heterocycles. The number of benzene rings is 2. The quantitative estimate of drug-likeness (QED) is 0.335. The Bertz CT molecular complexity index is 1440. The lowest BCUT2D eigenvalue weighted by molar-refractivity contribution is 0.131. The third-order valence-electron chi connectivity index (χ3n) is 8.84. The van der Waals surface area contributed by atoms with Gasteiger partial charge >= 0.3 is 0 Å². The molecule has 1 fully saturated rings. The second-order valence-corrected chi connectivity index (χ2v) is 10.5. The molecule has 7 rings (SSSR count). The average molecular weight is 467 g/mol. The fourth-order valence-corrected chi connectivity index (χ4v) is 7.08. The number of nitrogens with zero attached hydrogens (tertiary/aromatic N) is 1. The number of rotatable bonds is 3. The lowest BCUT2D eigenvalue weighted by Gasteiger charge is -2.44. The van der Waals surface area contributed by atoms with Crippen molar-refractivity contribution >= 4 is 21.8 Å². The molecular weight excluding hydrogens is 432 g/mol. The van der Waals surface area contributed by atoms with Gasteiger partial charge in [-0.3, -0.25) is 4.90 Å². The Morgan fingerprint density at radius 2 is 1.83 bits per heavy atom. The molecule has 2 aromatic carbocycles. The number of allylic oxidation sites excluding steroid dienone is 1. The zero-order chi connectivity index (χ0) is 23.5. The zero-order valence-corrected chi connectivity index (χ0v) is 20.7. The molecule has 3 atom stereocenters. The fourth-order valence-electron chi connectivity index (χ4n) is 7.08. The van der Waals surface area contributed by atoms with Gasteiger partial charge in [-0.15, -0.1) is 0 Å². The number of aromatic nitrogens is 2. The molecule has 4 aromatic rings. The van der Waals surface area contributed by atoms with E-state index in [2.05, 4.69) is 75.6 Å². The van der Waals surface area contributed by atoms with Crippen molar-refractivity contribution in [3.05, 3.63) is 76.6 Å². The van der Waals surface area contributed by atoms with E-state index in [1.807, 2.05) is 0 Å². The maximum atomic E-state index is 5.53. The standard InChI is InChI=1S/C30H34N4O/c1-3-18-17-34-13-11-23-24-16-20(35-2)8-9-26(24)33-30(23)28(34)15-19(18)14-27-29-22(10-12-31-27)21-6-4-5-7-25(21)32-29/h3-9,16,19,27-28,31-33H,10-15,17H2,1-2H3/b18-3-/t19-,27-,28-/m0/s1. The van der Waals surface area contributed by atoms with Gasteiger partial charge in [-0.1, -0.05) is 29.8 Å². The number of hydrogen-bond acceptors (Lipinski definition) is 3. The lowest BCUT2D eigenvalue weighted by atomic mass is 9.78. The first kappa shape index (κ1) is 21.3. The Morgan fingerprint density at radius 1 is 1.00 bits per heavy atom. The topological polar surface area (TPSA) is 56.1 Å². The molecule has 5 nitrogen and oxygen atoms in total. The molecule has 3 N–H and O–H groups in total. The van der Waals surface area contributed by atoms with Gasteiger partial charge in [-0.05, 0) is 80.5 Å². The summed E-state index contributed by atoms with van der Waals surface area (Å²) in [6.07, 6.45) is 6.91. The summed E-state index contributed by atoms with van der Waals surface area (Å²) in [4.78, 5) is 10.3. The molecular formula is C30H34N4O. The van der Waals surface area contributed by atoms with Gasteiger partial charge < -0.3 is 20.0 Å². The van der Waals surface area contributed by atoms with Gasteiger partial charge in [-0.2, -0.15) is 0 Å². The van der Waals surface area contributed by atoms with Gasteiger partial charge in [0, 0.05) is 52.3 Å². The lowest BCUT2D eigenvalue weighted by Crippen LogP contribution is -2.43. The van der Waals surface area contributed by atoms with Crippen LogP contribution >= 0.6 is 0 Å². The predicted octanol–water partition coefficient (Wildman–Crippen LogP) is 5.80. The molecule has 0 spiro atoms. The summed E-state index contributed by atoms with van der Waals surface area (Å²) < 4.78 is 5.53. The summed E-state index contributed by atoms with van der Waals surface area (Å²) in [5, 5.41) is 6.60. The van der Waals surface area contributed by atoms with E-state index >= 15 is 0 Å². The summed E-state index contributed by atoms with van der Waals surface area (Å²) in [7, 11) is 1.75. The minimum atomic E-state index is 0.382. The van der Waals surface area contributed by atoms with E-state index in [0.717, 1.165) is 44.6 Å². The summed E-state index contributed by atoms with van der Waals surface area (Å²) in [6.45, 7) is 5.49. The monoisotopic (exact) mass is 466 g/mol. The Morgan fingerprint density at radius 3 is 2.71 bits per heavy atom. The van der Waals surface area contributed by atoms with Gasteiger partial charge in [0.25, 0.3) is 0 Å². The van der Waals surface area contributed by atoms with Crippen LogP contribution in [0.25, 0.3) is 21.8 Å². The first-order valence-electron chi connectivity index (χ1n) is 13.1. The smallest absolute Gasteiger partial charge is 0.119 e. The number of ether oxygens (including phenoxy) is 1. The first-order valence-corrected chi connectivity index (χ1v) is 13.1. The molecule has 0 unspecified atom stereocenters. The van der Waals surface area contributed by atoms with Crippen molar-refractivity contribution in [3.8, 4) is 5.75 Å². The Hall–Kier alpha value is -3.02. The fraction of sp³-hybridized carbons (Fsp3) is 0.400.